The van der Waals surface area contributed by atoms with Gasteiger partial charge in [-0.2, -0.15) is 11.8 Å². The van der Waals surface area contributed by atoms with Gasteiger partial charge >= 0.3 is 0 Å². The van der Waals surface area contributed by atoms with Crippen LogP contribution in [-0.4, -0.2) is 15.3 Å². The van der Waals surface area contributed by atoms with E-state index < -0.39 is 0 Å². The number of benzene rings is 1. The van der Waals surface area contributed by atoms with Gasteiger partial charge < -0.3 is 4.57 Å². The Balaban J connectivity index is 2.14. The van der Waals surface area contributed by atoms with E-state index in [0.29, 0.717) is 0 Å². The van der Waals surface area contributed by atoms with Crippen molar-refractivity contribution in [1.82, 2.24) is 9.55 Å². The second-order valence-corrected chi connectivity index (χ2v) is 5.72. The van der Waals surface area contributed by atoms with Crippen LogP contribution in [0.1, 0.15) is 5.56 Å². The minimum absolute atomic E-state index is 0.929. The molecule has 0 aliphatic carbocycles. The predicted octanol–water partition coefficient (Wildman–Crippen LogP) is 4.01. The van der Waals surface area contributed by atoms with Crippen molar-refractivity contribution in [1.29, 1.82) is 0 Å². The fraction of sp³-hybridized carbons (Fsp3) is 0.154. The van der Waals surface area contributed by atoms with E-state index in [1.54, 1.807) is 6.20 Å². The van der Waals surface area contributed by atoms with Gasteiger partial charge in [-0.15, -0.1) is 0 Å². The fourth-order valence-electron chi connectivity index (χ4n) is 1.56. The van der Waals surface area contributed by atoms with Crippen LogP contribution in [0.15, 0.2) is 54.0 Å². The lowest BCUT2D eigenvalue weighted by Crippen LogP contribution is -1.96. The molecule has 0 aliphatic heterocycles. The van der Waals surface area contributed by atoms with Gasteiger partial charge in [-0.25, -0.2) is 4.98 Å². The number of nitrogens with zero attached hydrogens (tertiary/aromatic N) is 2. The molecule has 0 aliphatic rings. The Morgan fingerprint density at radius 1 is 1.41 bits per heavy atom. The van der Waals surface area contributed by atoms with E-state index in [1.807, 2.05) is 34.9 Å². The molecular weight excluding hydrogens is 296 g/mol. The molecule has 0 saturated heterocycles. The number of para-hydroxylation sites is 1. The predicted molar refractivity (Wildman–Crippen MR) is 77.8 cm³/mol. The minimum atomic E-state index is 0.929. The first-order chi connectivity index (χ1) is 8.27. The molecule has 1 aromatic carbocycles. The molecule has 0 fully saturated rings. The highest BCUT2D eigenvalue weighted by Gasteiger charge is 2.03. The zero-order valence-electron chi connectivity index (χ0n) is 9.34. The molecule has 0 amide bonds. The van der Waals surface area contributed by atoms with Gasteiger partial charge in [-0.3, -0.25) is 0 Å². The maximum absolute atomic E-state index is 4.08. The molecule has 17 heavy (non-hydrogen) atoms. The highest BCUT2D eigenvalue weighted by atomic mass is 79.9. The summed E-state index contributed by atoms with van der Waals surface area (Å²) < 4.78 is 3.07. The Labute approximate surface area is 114 Å². The smallest absolute Gasteiger partial charge is 0.0991 e. The summed E-state index contributed by atoms with van der Waals surface area (Å²) in [4.78, 5) is 4.08. The third kappa shape index (κ3) is 3.48. The maximum atomic E-state index is 4.08. The van der Waals surface area contributed by atoms with Crippen molar-refractivity contribution in [3.63, 3.8) is 0 Å². The zero-order chi connectivity index (χ0) is 12.1. The van der Waals surface area contributed by atoms with Crippen LogP contribution in [0.2, 0.25) is 0 Å². The summed E-state index contributed by atoms with van der Waals surface area (Å²) >= 11 is 5.22. The van der Waals surface area contributed by atoms with Gasteiger partial charge in [0, 0.05) is 23.9 Å². The Morgan fingerprint density at radius 2 is 2.24 bits per heavy atom. The van der Waals surface area contributed by atoms with Gasteiger partial charge in [-0.1, -0.05) is 40.7 Å². The Kier molecular flexibility index (Phi) is 4.45. The average Bonchev–Trinajstić information content (AvgIpc) is 2.82. The minimum Gasteiger partial charge on any atom is -0.306 e. The monoisotopic (exact) mass is 308 g/mol. The highest BCUT2D eigenvalue weighted by Crippen LogP contribution is 2.22. The Hall–Kier alpha value is -1.00. The van der Waals surface area contributed by atoms with Crippen molar-refractivity contribution < 1.29 is 0 Å². The van der Waals surface area contributed by atoms with Crippen LogP contribution >= 0.6 is 27.7 Å². The van der Waals surface area contributed by atoms with E-state index in [0.717, 1.165) is 16.0 Å². The molecule has 88 valence electrons. The SMILES string of the molecule is C=C(Br)CSCc1ccccc1-n1ccnc1. The summed E-state index contributed by atoms with van der Waals surface area (Å²) in [5.41, 5.74) is 2.50. The number of hydrogen-bond acceptors (Lipinski definition) is 2. The van der Waals surface area contributed by atoms with Crippen LogP contribution in [-0.2, 0) is 5.75 Å². The van der Waals surface area contributed by atoms with Crippen LogP contribution in [0.4, 0.5) is 0 Å². The van der Waals surface area contributed by atoms with E-state index >= 15 is 0 Å². The first kappa shape index (κ1) is 12.5. The summed E-state index contributed by atoms with van der Waals surface area (Å²) in [6.45, 7) is 3.84. The van der Waals surface area contributed by atoms with Crippen molar-refractivity contribution in [2.75, 3.05) is 5.75 Å². The molecular formula is C13H13BrN2S. The van der Waals surface area contributed by atoms with E-state index in [-0.39, 0.29) is 0 Å². The molecule has 0 spiro atoms. The molecule has 2 nitrogen and oxygen atoms in total. The summed E-state index contributed by atoms with van der Waals surface area (Å²) in [5, 5.41) is 0. The average molecular weight is 309 g/mol. The summed E-state index contributed by atoms with van der Waals surface area (Å²) in [6.07, 6.45) is 5.59. The van der Waals surface area contributed by atoms with Crippen molar-refractivity contribution in [3.05, 3.63) is 59.6 Å². The quantitative estimate of drug-likeness (QED) is 0.830. The first-order valence-corrected chi connectivity index (χ1v) is 7.19. The largest absolute Gasteiger partial charge is 0.306 e. The van der Waals surface area contributed by atoms with E-state index in [4.69, 9.17) is 0 Å². The van der Waals surface area contributed by atoms with E-state index in [9.17, 15) is 0 Å². The molecule has 4 heteroatoms. The maximum Gasteiger partial charge on any atom is 0.0991 e. The van der Waals surface area contributed by atoms with Gasteiger partial charge in [0.2, 0.25) is 0 Å². The molecule has 0 unspecified atom stereocenters. The molecule has 0 N–H and O–H groups in total. The van der Waals surface area contributed by atoms with Gasteiger partial charge in [-0.05, 0) is 16.1 Å². The summed E-state index contributed by atoms with van der Waals surface area (Å²) in [6, 6.07) is 8.38. The van der Waals surface area contributed by atoms with Crippen LogP contribution in [0.3, 0.4) is 0 Å². The Morgan fingerprint density at radius 3 is 2.94 bits per heavy atom. The molecule has 2 aromatic rings. The topological polar surface area (TPSA) is 17.8 Å². The molecule has 0 saturated carbocycles. The number of hydrogen-bond donors (Lipinski definition) is 0. The molecule has 2 rings (SSSR count). The zero-order valence-corrected chi connectivity index (χ0v) is 11.7. The van der Waals surface area contributed by atoms with Crippen molar-refractivity contribution in [2.45, 2.75) is 5.75 Å². The van der Waals surface area contributed by atoms with Crippen LogP contribution in [0, 0.1) is 0 Å². The van der Waals surface area contributed by atoms with E-state index in [2.05, 4.69) is 45.7 Å². The number of thioether (sulfide) groups is 1. The van der Waals surface area contributed by atoms with Gasteiger partial charge in [0.1, 0.15) is 0 Å². The normalized spacial score (nSPS) is 10.4. The lowest BCUT2D eigenvalue weighted by Gasteiger charge is -2.09. The van der Waals surface area contributed by atoms with Gasteiger partial charge in [0.25, 0.3) is 0 Å². The van der Waals surface area contributed by atoms with Gasteiger partial charge in [0.15, 0.2) is 0 Å². The van der Waals surface area contributed by atoms with Crippen molar-refractivity contribution in [2.24, 2.45) is 0 Å². The number of imidazole rings is 1. The summed E-state index contributed by atoms with van der Waals surface area (Å²) in [5.74, 6) is 1.90. The fourth-order valence-corrected chi connectivity index (χ4v) is 2.83. The number of aromatic nitrogens is 2. The second kappa shape index (κ2) is 6.07. The van der Waals surface area contributed by atoms with Crippen LogP contribution < -0.4 is 0 Å². The third-order valence-electron chi connectivity index (χ3n) is 2.29. The van der Waals surface area contributed by atoms with Crippen molar-refractivity contribution >= 4 is 27.7 Å². The molecule has 1 heterocycles. The number of rotatable bonds is 5. The molecule has 0 radical (unpaired) electrons. The second-order valence-electron chi connectivity index (χ2n) is 3.61. The highest BCUT2D eigenvalue weighted by molar-refractivity contribution is 9.11. The third-order valence-corrected chi connectivity index (χ3v) is 4.01. The molecule has 0 atom stereocenters. The molecule has 1 aromatic heterocycles. The van der Waals surface area contributed by atoms with Crippen LogP contribution in [0.5, 0.6) is 0 Å². The lowest BCUT2D eigenvalue weighted by atomic mass is 10.2. The standard InChI is InChI=1S/C13H13BrN2S/c1-11(14)8-17-9-12-4-2-3-5-13(12)16-7-6-15-10-16/h2-7,10H,1,8-9H2. The number of halogens is 1. The lowest BCUT2D eigenvalue weighted by molar-refractivity contribution is 1.04. The molecule has 0 bridgehead atoms. The first-order valence-electron chi connectivity index (χ1n) is 5.24. The Bertz CT molecular complexity index is 494. The van der Waals surface area contributed by atoms with Gasteiger partial charge in [0.05, 0.1) is 12.0 Å². The van der Waals surface area contributed by atoms with Crippen LogP contribution in [0.25, 0.3) is 5.69 Å². The summed E-state index contributed by atoms with van der Waals surface area (Å²) in [7, 11) is 0. The van der Waals surface area contributed by atoms with E-state index in [1.165, 1.54) is 11.3 Å². The van der Waals surface area contributed by atoms with Crippen molar-refractivity contribution in [3.8, 4) is 5.69 Å².